The highest BCUT2D eigenvalue weighted by atomic mass is 16.1. The number of Topliss-reactive ketones (excluding diaryl/α,β-unsaturated/α-hetero) is 1. The molecule has 0 aliphatic heterocycles. The van der Waals surface area contributed by atoms with Crippen LogP contribution in [0.1, 0.15) is 56.7 Å². The number of ketones is 1. The average molecular weight is 231 g/mol. The van der Waals surface area contributed by atoms with Crippen LogP contribution in [0, 0.1) is 5.92 Å². The molecule has 0 spiro atoms. The van der Waals surface area contributed by atoms with E-state index in [0.29, 0.717) is 18.1 Å². The van der Waals surface area contributed by atoms with Crippen LogP contribution < -0.4 is 0 Å². The first-order valence-corrected chi connectivity index (χ1v) is 6.68. The molecule has 92 valence electrons. The Morgan fingerprint density at radius 2 is 2.41 bits per heavy atom. The number of hydrogen-bond donors (Lipinski definition) is 0. The van der Waals surface area contributed by atoms with Crippen LogP contribution in [0.4, 0.5) is 0 Å². The Morgan fingerprint density at radius 3 is 3.18 bits per heavy atom. The van der Waals surface area contributed by atoms with E-state index in [4.69, 9.17) is 0 Å². The third kappa shape index (κ3) is 2.74. The molecular weight excluding hydrogens is 210 g/mol. The van der Waals surface area contributed by atoms with Crippen LogP contribution in [0.3, 0.4) is 0 Å². The van der Waals surface area contributed by atoms with Crippen LogP contribution in [-0.2, 0) is 11.2 Å². The Morgan fingerprint density at radius 1 is 1.59 bits per heavy atom. The number of carbonyl (C=O) groups is 1. The minimum absolute atomic E-state index is 0.0638. The number of nitrogens with zero attached hydrogens (tertiary/aromatic N) is 1. The zero-order valence-corrected chi connectivity index (χ0v) is 10.8. The van der Waals surface area contributed by atoms with Gasteiger partial charge in [-0.15, -0.1) is 0 Å². The summed E-state index contributed by atoms with van der Waals surface area (Å²) >= 11 is 0. The van der Waals surface area contributed by atoms with Gasteiger partial charge in [0.15, 0.2) is 0 Å². The van der Waals surface area contributed by atoms with Crippen molar-refractivity contribution in [2.24, 2.45) is 5.92 Å². The van der Waals surface area contributed by atoms with E-state index in [9.17, 15) is 4.79 Å². The summed E-state index contributed by atoms with van der Waals surface area (Å²) < 4.78 is 0. The maximum atomic E-state index is 12.3. The van der Waals surface area contributed by atoms with Gasteiger partial charge in [-0.2, -0.15) is 0 Å². The molecule has 0 radical (unpaired) electrons. The summed E-state index contributed by atoms with van der Waals surface area (Å²) in [5.74, 6) is 0.949. The minimum Gasteiger partial charge on any atom is -0.299 e. The van der Waals surface area contributed by atoms with Gasteiger partial charge in [-0.1, -0.05) is 26.3 Å². The molecule has 1 aromatic rings. The molecule has 0 aromatic carbocycles. The van der Waals surface area contributed by atoms with E-state index in [2.05, 4.69) is 24.9 Å². The van der Waals surface area contributed by atoms with Crippen molar-refractivity contribution < 1.29 is 4.79 Å². The third-order valence-electron chi connectivity index (χ3n) is 3.83. The van der Waals surface area contributed by atoms with Gasteiger partial charge in [0.25, 0.3) is 0 Å². The lowest BCUT2D eigenvalue weighted by Gasteiger charge is -2.24. The quantitative estimate of drug-likeness (QED) is 0.793. The maximum absolute atomic E-state index is 12.3. The highest BCUT2D eigenvalue weighted by molar-refractivity contribution is 5.86. The summed E-state index contributed by atoms with van der Waals surface area (Å²) in [5, 5.41) is 0. The molecule has 2 atom stereocenters. The van der Waals surface area contributed by atoms with Gasteiger partial charge in [0.1, 0.15) is 5.78 Å². The highest BCUT2D eigenvalue weighted by Crippen LogP contribution is 2.32. The molecule has 1 aliphatic rings. The topological polar surface area (TPSA) is 30.0 Å². The summed E-state index contributed by atoms with van der Waals surface area (Å²) in [6.45, 7) is 4.30. The van der Waals surface area contributed by atoms with E-state index >= 15 is 0 Å². The van der Waals surface area contributed by atoms with Gasteiger partial charge < -0.3 is 0 Å². The monoisotopic (exact) mass is 231 g/mol. The Kier molecular flexibility index (Phi) is 3.93. The standard InChI is InChI=1S/C15H21NO/c1-3-11(2)10-14(17)13-8-4-6-12-7-5-9-16-15(12)13/h5,7,9,11,13H,3-4,6,8,10H2,1-2H3. The number of aryl methyl sites for hydroxylation is 1. The Labute approximate surface area is 103 Å². The smallest absolute Gasteiger partial charge is 0.142 e. The minimum atomic E-state index is 0.0638. The zero-order chi connectivity index (χ0) is 12.3. The molecule has 0 bridgehead atoms. The van der Waals surface area contributed by atoms with E-state index in [-0.39, 0.29) is 5.92 Å². The van der Waals surface area contributed by atoms with Crippen molar-refractivity contribution in [3.8, 4) is 0 Å². The van der Waals surface area contributed by atoms with E-state index < -0.39 is 0 Å². The second-order valence-corrected chi connectivity index (χ2v) is 5.18. The number of pyridine rings is 1. The number of fused-ring (bicyclic) bond motifs is 1. The van der Waals surface area contributed by atoms with Gasteiger partial charge in [-0.05, 0) is 36.8 Å². The van der Waals surface area contributed by atoms with Crippen molar-refractivity contribution >= 4 is 5.78 Å². The molecule has 2 heteroatoms. The predicted molar refractivity (Wildman–Crippen MR) is 69.0 cm³/mol. The molecule has 0 amide bonds. The zero-order valence-electron chi connectivity index (χ0n) is 10.8. The average Bonchev–Trinajstić information content (AvgIpc) is 2.37. The van der Waals surface area contributed by atoms with Crippen LogP contribution in [0.15, 0.2) is 18.3 Å². The van der Waals surface area contributed by atoms with Gasteiger partial charge in [0.2, 0.25) is 0 Å². The molecule has 1 aliphatic carbocycles. The van der Waals surface area contributed by atoms with Crippen LogP contribution >= 0.6 is 0 Å². The summed E-state index contributed by atoms with van der Waals surface area (Å²) in [5.41, 5.74) is 2.33. The van der Waals surface area contributed by atoms with Crippen molar-refractivity contribution in [1.82, 2.24) is 4.98 Å². The van der Waals surface area contributed by atoms with Gasteiger partial charge in [-0.3, -0.25) is 9.78 Å². The van der Waals surface area contributed by atoms with Crippen molar-refractivity contribution in [3.05, 3.63) is 29.6 Å². The molecule has 0 N–H and O–H groups in total. The molecule has 17 heavy (non-hydrogen) atoms. The molecule has 2 rings (SSSR count). The lowest BCUT2D eigenvalue weighted by atomic mass is 9.81. The maximum Gasteiger partial charge on any atom is 0.142 e. The summed E-state index contributed by atoms with van der Waals surface area (Å²) in [6.07, 6.45) is 6.78. The molecule has 0 saturated heterocycles. The van der Waals surface area contributed by atoms with Gasteiger partial charge in [0, 0.05) is 12.6 Å². The Bertz CT molecular complexity index is 400. The second kappa shape index (κ2) is 5.44. The molecular formula is C15H21NO. The normalized spacial score (nSPS) is 20.7. The van der Waals surface area contributed by atoms with E-state index in [0.717, 1.165) is 31.4 Å². The Balaban J connectivity index is 2.15. The second-order valence-electron chi connectivity index (χ2n) is 5.18. The number of hydrogen-bond acceptors (Lipinski definition) is 2. The van der Waals surface area contributed by atoms with Crippen molar-refractivity contribution in [1.29, 1.82) is 0 Å². The highest BCUT2D eigenvalue weighted by Gasteiger charge is 2.27. The van der Waals surface area contributed by atoms with E-state index in [1.807, 2.05) is 12.3 Å². The number of carbonyl (C=O) groups excluding carboxylic acids is 1. The van der Waals surface area contributed by atoms with Crippen LogP contribution in [0.5, 0.6) is 0 Å². The molecule has 2 unspecified atom stereocenters. The van der Waals surface area contributed by atoms with Gasteiger partial charge in [-0.25, -0.2) is 0 Å². The lowest BCUT2D eigenvalue weighted by Crippen LogP contribution is -2.21. The summed E-state index contributed by atoms with van der Waals surface area (Å²) in [7, 11) is 0. The Hall–Kier alpha value is -1.18. The van der Waals surface area contributed by atoms with E-state index in [1.54, 1.807) is 0 Å². The SMILES string of the molecule is CCC(C)CC(=O)C1CCCc2cccnc21. The molecule has 1 heterocycles. The first-order valence-electron chi connectivity index (χ1n) is 6.68. The number of rotatable bonds is 4. The lowest BCUT2D eigenvalue weighted by molar-refractivity contribution is -0.121. The first-order chi connectivity index (χ1) is 8.22. The fourth-order valence-corrected chi connectivity index (χ4v) is 2.55. The van der Waals surface area contributed by atoms with Gasteiger partial charge in [0.05, 0.1) is 11.6 Å². The predicted octanol–water partition coefficient (Wildman–Crippen LogP) is 3.51. The summed E-state index contributed by atoms with van der Waals surface area (Å²) in [4.78, 5) is 16.7. The van der Waals surface area contributed by atoms with Crippen LogP contribution in [0.25, 0.3) is 0 Å². The van der Waals surface area contributed by atoms with Crippen molar-refractivity contribution in [2.75, 3.05) is 0 Å². The molecule has 0 fully saturated rings. The number of aromatic nitrogens is 1. The van der Waals surface area contributed by atoms with Crippen LogP contribution in [0.2, 0.25) is 0 Å². The third-order valence-corrected chi connectivity index (χ3v) is 3.83. The first kappa shape index (κ1) is 12.3. The van der Waals surface area contributed by atoms with E-state index in [1.165, 1.54) is 5.56 Å². The van der Waals surface area contributed by atoms with Gasteiger partial charge >= 0.3 is 0 Å². The largest absolute Gasteiger partial charge is 0.299 e. The fourth-order valence-electron chi connectivity index (χ4n) is 2.55. The molecule has 2 nitrogen and oxygen atoms in total. The van der Waals surface area contributed by atoms with Crippen LogP contribution in [-0.4, -0.2) is 10.8 Å². The molecule has 0 saturated carbocycles. The van der Waals surface area contributed by atoms with Crippen molar-refractivity contribution in [2.45, 2.75) is 51.9 Å². The molecule has 1 aromatic heterocycles. The summed E-state index contributed by atoms with van der Waals surface area (Å²) in [6, 6.07) is 4.09. The fraction of sp³-hybridized carbons (Fsp3) is 0.600. The van der Waals surface area contributed by atoms with Crippen molar-refractivity contribution in [3.63, 3.8) is 0 Å².